The number of aliphatic imine (C=N–C) groups is 3. The van der Waals surface area contributed by atoms with Gasteiger partial charge in [0, 0.05) is 63.9 Å². The number of esters is 1. The van der Waals surface area contributed by atoms with E-state index in [-0.39, 0.29) is 29.9 Å². The van der Waals surface area contributed by atoms with Gasteiger partial charge >= 0.3 is 5.97 Å². The predicted octanol–water partition coefficient (Wildman–Crippen LogP) is 12.1. The van der Waals surface area contributed by atoms with Crippen LogP contribution < -0.4 is 10.6 Å². The van der Waals surface area contributed by atoms with Crippen molar-refractivity contribution in [2.75, 3.05) is 67.6 Å². The molecule has 0 radical (unpaired) electrons. The van der Waals surface area contributed by atoms with Crippen LogP contribution in [0.1, 0.15) is 136 Å². The van der Waals surface area contributed by atoms with Gasteiger partial charge in [0.2, 0.25) is 11.7 Å². The van der Waals surface area contributed by atoms with Gasteiger partial charge in [0.05, 0.1) is 69.0 Å². The van der Waals surface area contributed by atoms with Gasteiger partial charge in [-0.2, -0.15) is 0 Å². The van der Waals surface area contributed by atoms with Gasteiger partial charge in [-0.25, -0.2) is 19.8 Å². The fraction of sp³-hybridized carbons (Fsp3) is 0.493. The third-order valence-corrected chi connectivity index (χ3v) is 18.6. The van der Waals surface area contributed by atoms with Crippen molar-refractivity contribution in [1.29, 1.82) is 0 Å². The van der Waals surface area contributed by atoms with E-state index in [0.717, 1.165) is 152 Å². The summed E-state index contributed by atoms with van der Waals surface area (Å²) in [5.41, 5.74) is 16.9. The Bertz CT molecular complexity index is 3300. The first-order chi connectivity index (χ1) is 39.7. The number of aliphatic hydroxyl groups excluding tert-OH is 1. The third-order valence-electron chi connectivity index (χ3n) is 18.6. The van der Waals surface area contributed by atoms with E-state index in [2.05, 4.69) is 98.2 Å². The monoisotopic (exact) mass is 1130 g/mol. The van der Waals surface area contributed by atoms with Gasteiger partial charge in [-0.1, -0.05) is 133 Å². The van der Waals surface area contributed by atoms with E-state index in [4.69, 9.17) is 29.2 Å². The number of ether oxygens (including phenoxy) is 3. The SMILES string of the molecule is C=CC1=C(C)C2=NC1=CC1=NC(=CC3=C(C)C4=C(O)CC(=C5NC(=C2)[C@@H](C)[C@@H]5CCC(=O)NC(CCCCCCCCCC)C(=O)OC2(c5ccc(-c6ccc(C7(O)C[N+](C)(C)CCO7)cc6)cc5)C[N+](C)(C)CCO2)C4=N3)C(CC)=C1C. The Labute approximate surface area is 492 Å². The van der Waals surface area contributed by atoms with Crippen LogP contribution in [0.5, 0.6) is 0 Å². The first kappa shape index (κ1) is 59.6. The number of fused-ring (bicyclic) bond motifs is 5. The molecule has 3 unspecified atom stereocenters. The zero-order valence-corrected chi connectivity index (χ0v) is 51.0. The van der Waals surface area contributed by atoms with Crippen LogP contribution in [0, 0.1) is 11.8 Å². The van der Waals surface area contributed by atoms with E-state index in [9.17, 15) is 15.0 Å². The Morgan fingerprint density at radius 2 is 1.43 bits per heavy atom. The van der Waals surface area contributed by atoms with Gasteiger partial charge in [0.1, 0.15) is 44.6 Å². The molecule has 3 fully saturated rings. The summed E-state index contributed by atoms with van der Waals surface area (Å²) in [6.07, 6.45) is 19.0. The lowest BCUT2D eigenvalue weighted by atomic mass is 9.86. The molecule has 0 saturated carbocycles. The topological polar surface area (TPSA) is 163 Å². The molecular formula is C69H89N7O7+2. The number of amides is 1. The third kappa shape index (κ3) is 12.4. The van der Waals surface area contributed by atoms with Crippen LogP contribution in [0.3, 0.4) is 0 Å². The van der Waals surface area contributed by atoms with Gasteiger partial charge in [-0.15, -0.1) is 0 Å². The molecular weight excluding hydrogens is 1040 g/mol. The molecule has 3 saturated heterocycles. The van der Waals surface area contributed by atoms with Crippen molar-refractivity contribution in [2.24, 2.45) is 26.8 Å². The quantitative estimate of drug-likeness (QED) is 0.0578. The fourth-order valence-corrected chi connectivity index (χ4v) is 13.5. The maximum atomic E-state index is 15.0. The highest BCUT2D eigenvalue weighted by molar-refractivity contribution is 6.21. The van der Waals surface area contributed by atoms with Crippen molar-refractivity contribution < 1.29 is 43.0 Å². The number of nitrogens with zero attached hydrogens (tertiary/aromatic N) is 5. The molecule has 2 aromatic rings. The Morgan fingerprint density at radius 1 is 0.807 bits per heavy atom. The maximum Gasteiger partial charge on any atom is 0.331 e. The molecule has 8 bridgehead atoms. The molecule has 1 amide bonds. The van der Waals surface area contributed by atoms with Crippen LogP contribution in [0.15, 0.2) is 168 Å². The van der Waals surface area contributed by atoms with Crippen molar-refractivity contribution in [3.63, 3.8) is 0 Å². The second-order valence-corrected chi connectivity index (χ2v) is 25.6. The fourth-order valence-electron chi connectivity index (χ4n) is 13.5. The number of rotatable bonds is 20. The molecule has 4 N–H and O–H groups in total. The number of likely N-dealkylation sites (N-methyl/N-ethyl adjacent to an activating group) is 2. The van der Waals surface area contributed by atoms with Crippen LogP contribution in [-0.2, 0) is 35.4 Å². The van der Waals surface area contributed by atoms with Gasteiger partial charge in [0.15, 0.2) is 0 Å². The number of benzene rings is 2. The number of allylic oxidation sites excluding steroid dienone is 12. The molecule has 7 heterocycles. The zero-order chi connectivity index (χ0) is 59.0. The Kier molecular flexibility index (Phi) is 17.4. The van der Waals surface area contributed by atoms with Crippen molar-refractivity contribution in [3.8, 4) is 11.1 Å². The zero-order valence-electron chi connectivity index (χ0n) is 51.0. The molecule has 0 spiro atoms. The highest BCUT2D eigenvalue weighted by Crippen LogP contribution is 2.47. The second kappa shape index (κ2) is 24.2. The smallest absolute Gasteiger partial charge is 0.331 e. The van der Waals surface area contributed by atoms with E-state index in [1.807, 2.05) is 61.5 Å². The van der Waals surface area contributed by atoms with Gasteiger partial charge in [-0.05, 0) is 91.7 Å². The van der Waals surface area contributed by atoms with Crippen LogP contribution in [0.2, 0.25) is 0 Å². The van der Waals surface area contributed by atoms with Crippen molar-refractivity contribution in [3.05, 3.63) is 164 Å². The number of nitrogens with one attached hydrogen (secondary N) is 2. The van der Waals surface area contributed by atoms with E-state index >= 15 is 4.79 Å². The van der Waals surface area contributed by atoms with Crippen molar-refractivity contribution in [1.82, 2.24) is 10.6 Å². The number of quaternary nitrogens is 2. The average molecular weight is 1130 g/mol. The normalized spacial score (nSPS) is 25.7. The lowest BCUT2D eigenvalue weighted by molar-refractivity contribution is -0.912. The number of carbonyl (C=O) groups excluding carboxylic acids is 2. The summed E-state index contributed by atoms with van der Waals surface area (Å²) in [5.74, 6) is -3.46. The average Bonchev–Trinajstić information content (AvgIpc) is 2.79. The van der Waals surface area contributed by atoms with Crippen molar-refractivity contribution in [2.45, 2.75) is 143 Å². The lowest BCUT2D eigenvalue weighted by Gasteiger charge is -2.45. The Balaban J connectivity index is 0.913. The van der Waals surface area contributed by atoms with E-state index < -0.39 is 23.6 Å². The molecule has 14 nitrogen and oxygen atoms in total. The van der Waals surface area contributed by atoms with Crippen LogP contribution in [0.25, 0.3) is 11.1 Å². The molecule has 2 aromatic carbocycles. The molecule has 10 rings (SSSR count). The Hall–Kier alpha value is -6.55. The summed E-state index contributed by atoms with van der Waals surface area (Å²) >= 11 is 0. The number of unbranched alkanes of at least 4 members (excludes halogenated alkanes) is 7. The van der Waals surface area contributed by atoms with Gasteiger partial charge in [0.25, 0.3) is 5.79 Å². The number of hydrogen-bond acceptors (Lipinski definition) is 11. The summed E-state index contributed by atoms with van der Waals surface area (Å²) in [6.45, 7) is 20.2. The van der Waals surface area contributed by atoms with Crippen LogP contribution in [-0.4, -0.2) is 122 Å². The summed E-state index contributed by atoms with van der Waals surface area (Å²) in [5, 5.41) is 30.3. The molecule has 1 aliphatic carbocycles. The summed E-state index contributed by atoms with van der Waals surface area (Å²) in [7, 11) is 8.44. The van der Waals surface area contributed by atoms with E-state index in [0.29, 0.717) is 54.5 Å². The molecule has 14 heteroatoms. The summed E-state index contributed by atoms with van der Waals surface area (Å²) in [6, 6.07) is 15.0. The highest BCUT2D eigenvalue weighted by Gasteiger charge is 2.49. The molecule has 83 heavy (non-hydrogen) atoms. The molecule has 7 aliphatic heterocycles. The molecule has 8 aliphatic rings. The first-order valence-corrected chi connectivity index (χ1v) is 30.6. The van der Waals surface area contributed by atoms with E-state index in [1.165, 1.54) is 25.7 Å². The van der Waals surface area contributed by atoms with Crippen LogP contribution in [0.4, 0.5) is 0 Å². The van der Waals surface area contributed by atoms with Crippen LogP contribution >= 0.6 is 0 Å². The summed E-state index contributed by atoms with van der Waals surface area (Å²) < 4.78 is 20.5. The van der Waals surface area contributed by atoms with Gasteiger partial charge < -0.3 is 44.0 Å². The minimum absolute atomic E-state index is 0.0670. The highest BCUT2D eigenvalue weighted by atomic mass is 16.7. The number of carbonyl (C=O) groups is 2. The van der Waals surface area contributed by atoms with E-state index in [1.54, 1.807) is 0 Å². The first-order valence-electron chi connectivity index (χ1n) is 30.6. The number of morpholine rings is 2. The number of hydrogen-bond donors (Lipinski definition) is 4. The molecule has 0 aromatic heterocycles. The molecule has 5 atom stereocenters. The Morgan fingerprint density at radius 3 is 2.08 bits per heavy atom. The minimum atomic E-state index is -1.41. The molecule has 440 valence electrons. The summed E-state index contributed by atoms with van der Waals surface area (Å²) in [4.78, 5) is 45.3. The maximum absolute atomic E-state index is 15.0. The minimum Gasteiger partial charge on any atom is -0.511 e. The largest absolute Gasteiger partial charge is 0.511 e. The standard InChI is InChI=1S/C69H87N7O7/c1-12-15-16-17-18-19-20-21-22-55(67(79)83-69(42-76(10,11)34-36-82-69)50-29-25-48(26-30-50)47-23-27-49(28-24-47)68(80)41-75(8,9)33-35-81-68)72-63(78)32-31-53-45(6)58-38-56-43(4)51(13-2)60(70-56)39-57-44(5)52(14-3)61(71-57)40-59-46(7)64-62(77)37-54(65(53)73-58)66(64)74-59/h13,23-30,38-40,45,53,55,80H,2,12,14-22,31-37,41-42H2,1,3-11H3,(H-2,70,71,72,73,74,77,78)/p+2/t45-,53-,55?,68?,69?/m0/s1. The van der Waals surface area contributed by atoms with Gasteiger partial charge in [-0.3, -0.25) is 4.79 Å². The number of aliphatic hydroxyl groups is 2. The predicted molar refractivity (Wildman–Crippen MR) is 330 cm³/mol. The lowest BCUT2D eigenvalue weighted by Crippen LogP contribution is -2.60. The van der Waals surface area contributed by atoms with Crippen molar-refractivity contribution >= 4 is 29.0 Å². The second-order valence-electron chi connectivity index (χ2n) is 25.6.